The first-order chi connectivity index (χ1) is 8.13. The SMILES string of the molecule is C=C(C)C(=O)SCSc1nnc(SCCC)s1. The van der Waals surface area contributed by atoms with E-state index in [0.29, 0.717) is 10.7 Å². The molecule has 0 bridgehead atoms. The molecule has 17 heavy (non-hydrogen) atoms. The van der Waals surface area contributed by atoms with Gasteiger partial charge in [-0.3, -0.25) is 4.79 Å². The van der Waals surface area contributed by atoms with Crippen molar-refractivity contribution in [3.8, 4) is 0 Å². The highest BCUT2D eigenvalue weighted by Gasteiger charge is 2.07. The average Bonchev–Trinajstić information content (AvgIpc) is 2.74. The van der Waals surface area contributed by atoms with Crippen LogP contribution in [0.4, 0.5) is 0 Å². The molecule has 0 atom stereocenters. The van der Waals surface area contributed by atoms with Crippen molar-refractivity contribution < 1.29 is 4.79 Å². The van der Waals surface area contributed by atoms with E-state index in [1.807, 2.05) is 0 Å². The normalized spacial score (nSPS) is 10.5. The van der Waals surface area contributed by atoms with E-state index in [1.54, 1.807) is 41.8 Å². The first-order valence-electron chi connectivity index (χ1n) is 5.05. The number of aromatic nitrogens is 2. The largest absolute Gasteiger partial charge is 0.282 e. The predicted octanol–water partition coefficient (Wildman–Crippen LogP) is 3.93. The molecule has 0 aromatic carbocycles. The number of carbonyl (C=O) groups excluding carboxylic acids is 1. The molecule has 7 heteroatoms. The summed E-state index contributed by atoms with van der Waals surface area (Å²) in [7, 11) is 0. The summed E-state index contributed by atoms with van der Waals surface area (Å²) in [5.74, 6) is 1.07. The molecule has 0 unspecified atom stereocenters. The number of carbonyl (C=O) groups is 1. The van der Waals surface area contributed by atoms with E-state index < -0.39 is 0 Å². The highest BCUT2D eigenvalue weighted by molar-refractivity contribution is 8.24. The van der Waals surface area contributed by atoms with Gasteiger partial charge in [0.15, 0.2) is 8.68 Å². The van der Waals surface area contributed by atoms with Crippen LogP contribution in [0.3, 0.4) is 0 Å². The van der Waals surface area contributed by atoms with Crippen LogP contribution in [0.2, 0.25) is 0 Å². The Hall–Kier alpha value is 0.0200. The molecule has 1 aromatic rings. The lowest BCUT2D eigenvalue weighted by Gasteiger charge is -1.96. The number of nitrogens with zero attached hydrogens (tertiary/aromatic N) is 2. The van der Waals surface area contributed by atoms with Crippen molar-refractivity contribution in [2.24, 2.45) is 0 Å². The molecule has 1 aromatic heterocycles. The van der Waals surface area contributed by atoms with E-state index in [4.69, 9.17) is 0 Å². The summed E-state index contributed by atoms with van der Waals surface area (Å²) < 4.78 is 1.93. The third-order valence-corrected chi connectivity index (χ3v) is 6.08. The molecular weight excluding hydrogens is 292 g/mol. The van der Waals surface area contributed by atoms with Gasteiger partial charge in [-0.15, -0.1) is 10.2 Å². The van der Waals surface area contributed by atoms with Crippen molar-refractivity contribution in [3.05, 3.63) is 12.2 Å². The van der Waals surface area contributed by atoms with Crippen LogP contribution in [0.25, 0.3) is 0 Å². The first-order valence-corrected chi connectivity index (χ1v) is 8.82. The van der Waals surface area contributed by atoms with Crippen LogP contribution in [0.1, 0.15) is 20.3 Å². The number of rotatable bonds is 7. The molecule has 0 amide bonds. The zero-order valence-electron chi connectivity index (χ0n) is 9.76. The van der Waals surface area contributed by atoms with Gasteiger partial charge in [0.05, 0.1) is 5.08 Å². The molecular formula is C10H14N2OS4. The molecule has 1 heterocycles. The zero-order valence-corrected chi connectivity index (χ0v) is 13.0. The van der Waals surface area contributed by atoms with Gasteiger partial charge in [-0.1, -0.05) is 60.1 Å². The monoisotopic (exact) mass is 306 g/mol. The lowest BCUT2D eigenvalue weighted by atomic mass is 10.4. The van der Waals surface area contributed by atoms with Crippen molar-refractivity contribution in [3.63, 3.8) is 0 Å². The highest BCUT2D eigenvalue weighted by atomic mass is 32.2. The summed E-state index contributed by atoms with van der Waals surface area (Å²) in [6.07, 6.45) is 1.13. The summed E-state index contributed by atoms with van der Waals surface area (Å²) in [5, 5.41) is 8.87. The van der Waals surface area contributed by atoms with Gasteiger partial charge in [-0.2, -0.15) is 0 Å². The number of hydrogen-bond donors (Lipinski definition) is 0. The fourth-order valence-corrected chi connectivity index (χ4v) is 4.75. The highest BCUT2D eigenvalue weighted by Crippen LogP contribution is 2.31. The molecule has 0 aliphatic heterocycles. The van der Waals surface area contributed by atoms with Crippen LogP contribution in [0.15, 0.2) is 20.8 Å². The van der Waals surface area contributed by atoms with E-state index in [0.717, 1.165) is 20.9 Å². The fourth-order valence-electron chi connectivity index (χ4n) is 0.760. The fraction of sp³-hybridized carbons (Fsp3) is 0.500. The summed E-state index contributed by atoms with van der Waals surface area (Å²) in [6.45, 7) is 7.48. The van der Waals surface area contributed by atoms with Crippen molar-refractivity contribution >= 4 is 51.7 Å². The molecule has 0 N–H and O–H groups in total. The Morgan fingerprint density at radius 2 is 2.00 bits per heavy atom. The van der Waals surface area contributed by atoms with E-state index >= 15 is 0 Å². The van der Waals surface area contributed by atoms with Gasteiger partial charge in [0, 0.05) is 5.75 Å². The van der Waals surface area contributed by atoms with Gasteiger partial charge in [-0.25, -0.2) is 0 Å². The maximum absolute atomic E-state index is 11.3. The Morgan fingerprint density at radius 1 is 1.35 bits per heavy atom. The molecule has 0 aliphatic rings. The van der Waals surface area contributed by atoms with Crippen LogP contribution >= 0.6 is 46.6 Å². The second kappa shape index (κ2) is 8.18. The molecule has 1 rings (SSSR count). The molecule has 0 spiro atoms. The summed E-state index contributed by atoms with van der Waals surface area (Å²) in [4.78, 5) is 11.3. The van der Waals surface area contributed by atoms with Gasteiger partial charge in [0.2, 0.25) is 5.12 Å². The van der Waals surface area contributed by atoms with Crippen molar-refractivity contribution in [1.82, 2.24) is 10.2 Å². The number of thioether (sulfide) groups is 3. The molecule has 0 radical (unpaired) electrons. The average molecular weight is 307 g/mol. The van der Waals surface area contributed by atoms with E-state index in [9.17, 15) is 4.79 Å². The summed E-state index contributed by atoms with van der Waals surface area (Å²) in [5.41, 5.74) is 0.590. The Balaban J connectivity index is 2.29. The molecule has 0 saturated heterocycles. The van der Waals surface area contributed by atoms with Gasteiger partial charge in [0.1, 0.15) is 0 Å². The third-order valence-electron chi connectivity index (χ3n) is 1.54. The van der Waals surface area contributed by atoms with E-state index in [2.05, 4.69) is 23.7 Å². The first kappa shape index (κ1) is 15.1. The minimum absolute atomic E-state index is 0.0441. The quantitative estimate of drug-likeness (QED) is 0.432. The molecule has 3 nitrogen and oxygen atoms in total. The zero-order chi connectivity index (χ0) is 12.7. The Morgan fingerprint density at radius 3 is 2.59 bits per heavy atom. The standard InChI is InChI=1S/C10H14N2OS4/c1-4-5-14-9-11-12-10(17-9)16-6-15-8(13)7(2)3/h2,4-6H2,1,3H3. The van der Waals surface area contributed by atoms with Crippen LogP contribution in [0, 0.1) is 0 Å². The minimum atomic E-state index is 0.0441. The molecule has 0 aliphatic carbocycles. The van der Waals surface area contributed by atoms with Crippen molar-refractivity contribution in [2.45, 2.75) is 28.9 Å². The smallest absolute Gasteiger partial charge is 0.215 e. The lowest BCUT2D eigenvalue weighted by Crippen LogP contribution is -1.91. The van der Waals surface area contributed by atoms with Crippen LogP contribution in [-0.4, -0.2) is 26.2 Å². The molecule has 94 valence electrons. The Labute approximate surface area is 118 Å². The maximum Gasteiger partial charge on any atom is 0.215 e. The van der Waals surface area contributed by atoms with Gasteiger partial charge in [-0.05, 0) is 18.9 Å². The van der Waals surface area contributed by atoms with Gasteiger partial charge >= 0.3 is 0 Å². The molecule has 0 saturated carbocycles. The van der Waals surface area contributed by atoms with Crippen molar-refractivity contribution in [1.29, 1.82) is 0 Å². The van der Waals surface area contributed by atoms with Crippen molar-refractivity contribution in [2.75, 3.05) is 10.8 Å². The van der Waals surface area contributed by atoms with Crippen LogP contribution in [-0.2, 0) is 4.79 Å². The Kier molecular flexibility index (Phi) is 7.26. The lowest BCUT2D eigenvalue weighted by molar-refractivity contribution is -0.107. The number of hydrogen-bond acceptors (Lipinski definition) is 7. The second-order valence-corrected chi connectivity index (χ2v) is 8.01. The summed E-state index contributed by atoms with van der Waals surface area (Å²) >= 11 is 6.14. The predicted molar refractivity (Wildman–Crippen MR) is 79.1 cm³/mol. The molecule has 0 fully saturated rings. The van der Waals surface area contributed by atoms with Gasteiger partial charge < -0.3 is 0 Å². The third kappa shape index (κ3) is 5.94. The summed E-state index contributed by atoms with van der Waals surface area (Å²) in [6, 6.07) is 0. The van der Waals surface area contributed by atoms with E-state index in [1.165, 1.54) is 11.8 Å². The van der Waals surface area contributed by atoms with E-state index in [-0.39, 0.29) is 5.12 Å². The van der Waals surface area contributed by atoms with Gasteiger partial charge in [0.25, 0.3) is 0 Å². The topological polar surface area (TPSA) is 42.9 Å². The van der Waals surface area contributed by atoms with Crippen LogP contribution in [0.5, 0.6) is 0 Å². The Bertz CT molecular complexity index is 391. The second-order valence-electron chi connectivity index (χ2n) is 3.16. The minimum Gasteiger partial charge on any atom is -0.282 e. The maximum atomic E-state index is 11.3. The van der Waals surface area contributed by atoms with Crippen LogP contribution < -0.4 is 0 Å².